The first kappa shape index (κ1) is 20.9. The van der Waals surface area contributed by atoms with Gasteiger partial charge in [0.05, 0.1) is 5.75 Å². The highest BCUT2D eigenvalue weighted by molar-refractivity contribution is 8.14. The minimum absolute atomic E-state index is 0.0122. The maximum atomic E-state index is 12.3. The van der Waals surface area contributed by atoms with E-state index in [1.165, 1.54) is 17.3 Å². The van der Waals surface area contributed by atoms with E-state index >= 15 is 0 Å². The molecule has 2 aromatic carbocycles. The van der Waals surface area contributed by atoms with Crippen LogP contribution in [0.1, 0.15) is 24.0 Å². The van der Waals surface area contributed by atoms with Crippen molar-refractivity contribution in [1.82, 2.24) is 5.32 Å². The van der Waals surface area contributed by atoms with Crippen LogP contribution < -0.4 is 5.32 Å². The van der Waals surface area contributed by atoms with Crippen LogP contribution in [-0.4, -0.2) is 29.5 Å². The number of thioether (sulfide) groups is 1. The summed E-state index contributed by atoms with van der Waals surface area (Å²) in [6.45, 7) is 2.56. The normalized spacial score (nSPS) is 16.7. The number of carbonyl (C=O) groups is 1. The van der Waals surface area contributed by atoms with Crippen molar-refractivity contribution in [2.75, 3.05) is 12.3 Å². The molecule has 0 bridgehead atoms. The first-order valence-corrected chi connectivity index (χ1v) is 10.8. The molecule has 4 nitrogen and oxygen atoms in total. The van der Waals surface area contributed by atoms with Crippen LogP contribution in [0.15, 0.2) is 58.7 Å². The third-order valence-corrected chi connectivity index (χ3v) is 6.13. The van der Waals surface area contributed by atoms with Crippen LogP contribution in [0.25, 0.3) is 0 Å². The summed E-state index contributed by atoms with van der Waals surface area (Å²) in [5, 5.41) is 13.3. The second-order valence-corrected chi connectivity index (χ2v) is 8.53. The Morgan fingerprint density at radius 3 is 2.36 bits per heavy atom. The number of carbonyl (C=O) groups excluding carboxylic acids is 1. The molecule has 2 atom stereocenters. The van der Waals surface area contributed by atoms with E-state index in [0.717, 1.165) is 17.0 Å². The third kappa shape index (κ3) is 6.09. The molecule has 0 radical (unpaired) electrons. The van der Waals surface area contributed by atoms with Crippen LogP contribution in [0.5, 0.6) is 0 Å². The van der Waals surface area contributed by atoms with E-state index in [0.29, 0.717) is 22.3 Å². The molecule has 1 aliphatic rings. The van der Waals surface area contributed by atoms with Crippen molar-refractivity contribution in [2.45, 2.75) is 19.3 Å². The SMILES string of the molecule is CC1C=NN=C1SCC(=O)NC[C@H](Cc1ccc(Cl)cc1)c1ccc(Cl)cc1. The van der Waals surface area contributed by atoms with Gasteiger partial charge in [-0.2, -0.15) is 5.10 Å². The fraction of sp³-hybridized carbons (Fsp3) is 0.286. The molecule has 0 saturated carbocycles. The van der Waals surface area contributed by atoms with Gasteiger partial charge in [0.1, 0.15) is 5.04 Å². The van der Waals surface area contributed by atoms with Gasteiger partial charge in [0, 0.05) is 34.6 Å². The molecule has 1 aliphatic heterocycles. The Morgan fingerprint density at radius 2 is 1.75 bits per heavy atom. The molecule has 7 heteroatoms. The quantitative estimate of drug-likeness (QED) is 0.651. The first-order chi connectivity index (χ1) is 13.5. The molecule has 1 amide bonds. The average Bonchev–Trinajstić information content (AvgIpc) is 3.10. The van der Waals surface area contributed by atoms with Gasteiger partial charge < -0.3 is 5.32 Å². The number of nitrogens with one attached hydrogen (secondary N) is 1. The second kappa shape index (κ2) is 10.1. The number of amides is 1. The zero-order valence-corrected chi connectivity index (χ0v) is 17.8. The zero-order chi connectivity index (χ0) is 19.9. The lowest BCUT2D eigenvalue weighted by Gasteiger charge is -2.19. The van der Waals surface area contributed by atoms with Gasteiger partial charge in [-0.3, -0.25) is 4.79 Å². The molecule has 2 aromatic rings. The molecule has 0 saturated heterocycles. The van der Waals surface area contributed by atoms with Crippen molar-refractivity contribution < 1.29 is 4.79 Å². The van der Waals surface area contributed by atoms with Crippen LogP contribution in [0.2, 0.25) is 10.0 Å². The highest BCUT2D eigenvalue weighted by Crippen LogP contribution is 2.23. The van der Waals surface area contributed by atoms with E-state index in [4.69, 9.17) is 23.2 Å². The highest BCUT2D eigenvalue weighted by atomic mass is 35.5. The Balaban J connectivity index is 1.60. The molecular formula is C21H21Cl2N3OS. The molecule has 146 valence electrons. The number of halogens is 2. The van der Waals surface area contributed by atoms with Crippen molar-refractivity contribution in [1.29, 1.82) is 0 Å². The van der Waals surface area contributed by atoms with Gasteiger partial charge in [0.15, 0.2) is 0 Å². The Hall–Kier alpha value is -1.82. The summed E-state index contributed by atoms with van der Waals surface area (Å²) in [5.41, 5.74) is 2.30. The number of nitrogens with zero attached hydrogens (tertiary/aromatic N) is 2. The fourth-order valence-electron chi connectivity index (χ4n) is 2.88. The molecule has 1 unspecified atom stereocenters. The molecule has 1 N–H and O–H groups in total. The topological polar surface area (TPSA) is 53.8 Å². The summed E-state index contributed by atoms with van der Waals surface area (Å²) >= 11 is 13.5. The minimum atomic E-state index is -0.0122. The predicted molar refractivity (Wildman–Crippen MR) is 120 cm³/mol. The monoisotopic (exact) mass is 433 g/mol. The predicted octanol–water partition coefficient (Wildman–Crippen LogP) is 5.20. The van der Waals surface area contributed by atoms with Gasteiger partial charge >= 0.3 is 0 Å². The Bertz CT molecular complexity index is 866. The standard InChI is InChI=1S/C21H21Cl2N3OS/c1-14-11-25-26-21(14)28-13-20(27)24-12-17(16-4-8-19(23)9-5-16)10-15-2-6-18(22)7-3-15/h2-9,11,14,17H,10,12-13H2,1H3,(H,24,27)/t14?,17-/m0/s1. The van der Waals surface area contributed by atoms with E-state index in [1.54, 1.807) is 6.21 Å². The van der Waals surface area contributed by atoms with Crippen molar-refractivity contribution in [2.24, 2.45) is 16.1 Å². The molecule has 0 spiro atoms. The third-order valence-electron chi connectivity index (χ3n) is 4.47. The lowest BCUT2D eigenvalue weighted by atomic mass is 9.92. The zero-order valence-electron chi connectivity index (χ0n) is 15.4. The summed E-state index contributed by atoms with van der Waals surface area (Å²) in [7, 11) is 0. The summed E-state index contributed by atoms with van der Waals surface area (Å²) < 4.78 is 0. The van der Waals surface area contributed by atoms with Crippen molar-refractivity contribution >= 4 is 52.1 Å². The average molecular weight is 434 g/mol. The van der Waals surface area contributed by atoms with Crippen LogP contribution in [0.4, 0.5) is 0 Å². The Labute approximate surface area is 179 Å². The molecule has 0 aliphatic carbocycles. The maximum Gasteiger partial charge on any atom is 0.230 e. The number of rotatable bonds is 7. The van der Waals surface area contributed by atoms with Crippen molar-refractivity contribution in [3.63, 3.8) is 0 Å². The molecule has 0 fully saturated rings. The van der Waals surface area contributed by atoms with Crippen LogP contribution in [-0.2, 0) is 11.2 Å². The minimum Gasteiger partial charge on any atom is -0.355 e. The highest BCUT2D eigenvalue weighted by Gasteiger charge is 2.17. The van der Waals surface area contributed by atoms with E-state index in [1.807, 2.05) is 55.5 Å². The lowest BCUT2D eigenvalue weighted by molar-refractivity contribution is -0.118. The fourth-order valence-corrected chi connectivity index (χ4v) is 3.94. The smallest absolute Gasteiger partial charge is 0.230 e. The molecule has 1 heterocycles. The second-order valence-electron chi connectivity index (χ2n) is 6.66. The number of hydrogen-bond donors (Lipinski definition) is 1. The van der Waals surface area contributed by atoms with Crippen LogP contribution in [0, 0.1) is 5.92 Å². The maximum absolute atomic E-state index is 12.3. The van der Waals surface area contributed by atoms with Gasteiger partial charge in [0.2, 0.25) is 5.91 Å². The first-order valence-electron chi connectivity index (χ1n) is 9.01. The van der Waals surface area contributed by atoms with E-state index in [-0.39, 0.29) is 17.7 Å². The molecule has 3 rings (SSSR count). The van der Waals surface area contributed by atoms with Crippen molar-refractivity contribution in [3.8, 4) is 0 Å². The van der Waals surface area contributed by atoms with Crippen molar-refractivity contribution in [3.05, 3.63) is 69.7 Å². The van der Waals surface area contributed by atoms with Gasteiger partial charge in [0.25, 0.3) is 0 Å². The van der Waals surface area contributed by atoms with Crippen LogP contribution >= 0.6 is 35.0 Å². The molecule has 0 aromatic heterocycles. The largest absolute Gasteiger partial charge is 0.355 e. The summed E-state index contributed by atoms with van der Waals surface area (Å²) in [6, 6.07) is 15.6. The van der Waals surface area contributed by atoms with E-state index in [9.17, 15) is 4.79 Å². The van der Waals surface area contributed by atoms with Gasteiger partial charge in [-0.25, -0.2) is 0 Å². The number of hydrogen-bond acceptors (Lipinski definition) is 4. The Kier molecular flexibility index (Phi) is 7.54. The van der Waals surface area contributed by atoms with Gasteiger partial charge in [-0.1, -0.05) is 66.2 Å². The summed E-state index contributed by atoms with van der Waals surface area (Å²) in [4.78, 5) is 12.3. The van der Waals surface area contributed by atoms with E-state index in [2.05, 4.69) is 15.5 Å². The van der Waals surface area contributed by atoms with E-state index < -0.39 is 0 Å². The number of benzene rings is 2. The Morgan fingerprint density at radius 1 is 1.11 bits per heavy atom. The lowest BCUT2D eigenvalue weighted by Crippen LogP contribution is -2.31. The summed E-state index contributed by atoms with van der Waals surface area (Å²) in [6.07, 6.45) is 2.58. The van der Waals surface area contributed by atoms with Gasteiger partial charge in [-0.15, -0.1) is 5.10 Å². The van der Waals surface area contributed by atoms with Crippen LogP contribution in [0.3, 0.4) is 0 Å². The molecule has 28 heavy (non-hydrogen) atoms. The molecular weight excluding hydrogens is 413 g/mol. The van der Waals surface area contributed by atoms with Gasteiger partial charge in [-0.05, 0) is 41.8 Å². The summed E-state index contributed by atoms with van der Waals surface area (Å²) in [5.74, 6) is 0.644.